The number of likely N-dealkylation sites (tertiary alicyclic amines) is 1. The maximum Gasteiger partial charge on any atom is 0.236 e. The molecule has 2 saturated heterocycles. The molecule has 2 heterocycles. The highest BCUT2D eigenvalue weighted by Crippen LogP contribution is 2.26. The van der Waals surface area contributed by atoms with Gasteiger partial charge in [-0.15, -0.1) is 0 Å². The van der Waals surface area contributed by atoms with Gasteiger partial charge in [0.15, 0.2) is 0 Å². The Balaban J connectivity index is 1.44. The number of morpholine rings is 1. The Hall–Kier alpha value is -1.30. The predicted molar refractivity (Wildman–Crippen MR) is 88.9 cm³/mol. The van der Waals surface area contributed by atoms with Crippen LogP contribution >= 0.6 is 11.6 Å². The lowest BCUT2D eigenvalue weighted by Crippen LogP contribution is -2.48. The first kappa shape index (κ1) is 16.6. The van der Waals surface area contributed by atoms with Crippen molar-refractivity contribution in [1.29, 1.82) is 0 Å². The summed E-state index contributed by atoms with van der Waals surface area (Å²) in [6.07, 6.45) is 1.82. The van der Waals surface area contributed by atoms with Gasteiger partial charge in [0.05, 0.1) is 24.8 Å². The fraction of sp³-hybridized carbons (Fsp3) is 0.588. The van der Waals surface area contributed by atoms with Gasteiger partial charge in [-0.3, -0.25) is 9.69 Å². The molecule has 0 bridgehead atoms. The summed E-state index contributed by atoms with van der Waals surface area (Å²) < 4.78 is 11.3. The molecule has 6 heteroatoms. The molecule has 2 aliphatic rings. The van der Waals surface area contributed by atoms with Crippen LogP contribution in [0, 0.1) is 0 Å². The molecule has 0 saturated carbocycles. The van der Waals surface area contributed by atoms with Crippen molar-refractivity contribution < 1.29 is 14.3 Å². The van der Waals surface area contributed by atoms with Crippen LogP contribution < -0.4 is 4.74 Å². The lowest BCUT2D eigenvalue weighted by molar-refractivity contribution is -0.135. The maximum atomic E-state index is 12.4. The molecule has 2 fully saturated rings. The molecule has 3 rings (SSSR count). The summed E-state index contributed by atoms with van der Waals surface area (Å²) in [6, 6.07) is 7.53. The van der Waals surface area contributed by atoms with Crippen LogP contribution in [0.5, 0.6) is 5.75 Å². The number of amides is 1. The van der Waals surface area contributed by atoms with Crippen molar-refractivity contribution in [1.82, 2.24) is 9.80 Å². The number of piperidine rings is 1. The average Bonchev–Trinajstić information content (AvgIpc) is 2.58. The van der Waals surface area contributed by atoms with Crippen LogP contribution in [0.15, 0.2) is 24.3 Å². The van der Waals surface area contributed by atoms with Crippen molar-refractivity contribution in [3.63, 3.8) is 0 Å². The van der Waals surface area contributed by atoms with Gasteiger partial charge < -0.3 is 14.4 Å². The van der Waals surface area contributed by atoms with Gasteiger partial charge in [-0.25, -0.2) is 0 Å². The molecule has 2 aliphatic heterocycles. The molecule has 5 nitrogen and oxygen atoms in total. The fourth-order valence-corrected chi connectivity index (χ4v) is 3.17. The van der Waals surface area contributed by atoms with Crippen LogP contribution in [0.25, 0.3) is 0 Å². The van der Waals surface area contributed by atoms with E-state index in [1.807, 2.05) is 29.2 Å². The molecular weight excluding hydrogens is 316 g/mol. The Bertz CT molecular complexity index is 526. The van der Waals surface area contributed by atoms with Gasteiger partial charge in [-0.05, 0) is 12.1 Å². The Kier molecular flexibility index (Phi) is 5.75. The number of ether oxygens (including phenoxy) is 2. The third kappa shape index (κ3) is 4.59. The fourth-order valence-electron chi connectivity index (χ4n) is 2.99. The number of hydrogen-bond acceptors (Lipinski definition) is 4. The molecule has 0 aromatic heterocycles. The van der Waals surface area contributed by atoms with Crippen LogP contribution in [0.4, 0.5) is 0 Å². The second-order valence-corrected chi connectivity index (χ2v) is 6.42. The highest BCUT2D eigenvalue weighted by Gasteiger charge is 2.25. The van der Waals surface area contributed by atoms with Crippen molar-refractivity contribution in [3.05, 3.63) is 29.3 Å². The van der Waals surface area contributed by atoms with Crippen LogP contribution in [0.3, 0.4) is 0 Å². The molecule has 0 radical (unpaired) electrons. The summed E-state index contributed by atoms with van der Waals surface area (Å²) in [5, 5.41) is 0.637. The number of carbonyl (C=O) groups excluding carboxylic acids is 1. The normalized spacial score (nSPS) is 20.5. The zero-order valence-corrected chi connectivity index (χ0v) is 14.0. The van der Waals surface area contributed by atoms with Crippen LogP contribution in [0.1, 0.15) is 12.8 Å². The Labute approximate surface area is 142 Å². The number of carbonyl (C=O) groups is 1. The molecule has 1 amide bonds. The molecule has 1 aromatic carbocycles. The van der Waals surface area contributed by atoms with Crippen molar-refractivity contribution in [3.8, 4) is 5.75 Å². The largest absolute Gasteiger partial charge is 0.489 e. The first-order valence-corrected chi connectivity index (χ1v) is 8.59. The van der Waals surface area contributed by atoms with Gasteiger partial charge in [-0.2, -0.15) is 0 Å². The van der Waals surface area contributed by atoms with Gasteiger partial charge in [0.2, 0.25) is 5.91 Å². The molecule has 0 unspecified atom stereocenters. The summed E-state index contributed by atoms with van der Waals surface area (Å²) in [5.41, 5.74) is 0. The second-order valence-electron chi connectivity index (χ2n) is 6.02. The number of hydrogen-bond donors (Lipinski definition) is 0. The quantitative estimate of drug-likeness (QED) is 0.842. The third-order valence-electron chi connectivity index (χ3n) is 4.39. The maximum absolute atomic E-state index is 12.4. The lowest BCUT2D eigenvalue weighted by atomic mass is 10.1. The number of halogens is 1. The van der Waals surface area contributed by atoms with E-state index in [1.165, 1.54) is 0 Å². The minimum Gasteiger partial charge on any atom is -0.489 e. The summed E-state index contributed by atoms with van der Waals surface area (Å²) in [4.78, 5) is 16.5. The zero-order valence-electron chi connectivity index (χ0n) is 13.2. The van der Waals surface area contributed by atoms with E-state index in [-0.39, 0.29) is 12.0 Å². The SMILES string of the molecule is O=C(CN1CCOCC1)N1CCC(Oc2ccccc2Cl)CC1. The van der Waals surface area contributed by atoms with Crippen molar-refractivity contribution >= 4 is 17.5 Å². The zero-order chi connectivity index (χ0) is 16.1. The van der Waals surface area contributed by atoms with Crippen molar-refractivity contribution in [2.24, 2.45) is 0 Å². The monoisotopic (exact) mass is 338 g/mol. The first-order valence-electron chi connectivity index (χ1n) is 8.21. The molecular formula is C17H23ClN2O3. The molecule has 0 N–H and O–H groups in total. The van der Waals surface area contributed by atoms with Crippen molar-refractivity contribution in [2.75, 3.05) is 45.9 Å². The standard InChI is InChI=1S/C17H23ClN2O3/c18-15-3-1-2-4-16(15)23-14-5-7-20(8-6-14)17(21)13-19-9-11-22-12-10-19/h1-4,14H,5-13H2. The number of para-hydroxylation sites is 1. The number of nitrogens with zero attached hydrogens (tertiary/aromatic N) is 2. The highest BCUT2D eigenvalue weighted by atomic mass is 35.5. The van der Waals surface area contributed by atoms with E-state index in [2.05, 4.69) is 4.90 Å². The van der Waals surface area contributed by atoms with E-state index in [0.717, 1.165) is 58.0 Å². The van der Waals surface area contributed by atoms with Gasteiger partial charge >= 0.3 is 0 Å². The Morgan fingerprint density at radius 2 is 1.87 bits per heavy atom. The molecule has 126 valence electrons. The third-order valence-corrected chi connectivity index (χ3v) is 4.70. The van der Waals surface area contributed by atoms with Gasteiger partial charge in [-0.1, -0.05) is 23.7 Å². The minimum absolute atomic E-state index is 0.127. The smallest absolute Gasteiger partial charge is 0.236 e. The molecule has 0 aliphatic carbocycles. The van der Waals surface area contributed by atoms with Gasteiger partial charge in [0.1, 0.15) is 11.9 Å². The first-order chi connectivity index (χ1) is 11.2. The average molecular weight is 339 g/mol. The molecule has 1 aromatic rings. The predicted octanol–water partition coefficient (Wildman–Crippen LogP) is 2.04. The van der Waals surface area contributed by atoms with E-state index < -0.39 is 0 Å². The van der Waals surface area contributed by atoms with Crippen LogP contribution in [-0.2, 0) is 9.53 Å². The van der Waals surface area contributed by atoms with E-state index in [0.29, 0.717) is 11.6 Å². The summed E-state index contributed by atoms with van der Waals surface area (Å²) in [5.74, 6) is 0.940. The Morgan fingerprint density at radius 3 is 2.57 bits per heavy atom. The number of rotatable bonds is 4. The highest BCUT2D eigenvalue weighted by molar-refractivity contribution is 6.32. The van der Waals surface area contributed by atoms with E-state index in [1.54, 1.807) is 0 Å². The van der Waals surface area contributed by atoms with E-state index >= 15 is 0 Å². The molecule has 23 heavy (non-hydrogen) atoms. The summed E-state index contributed by atoms with van der Waals surface area (Å²) in [7, 11) is 0. The minimum atomic E-state index is 0.127. The topological polar surface area (TPSA) is 42.0 Å². The van der Waals surface area contributed by atoms with Crippen molar-refractivity contribution in [2.45, 2.75) is 18.9 Å². The summed E-state index contributed by atoms with van der Waals surface area (Å²) >= 11 is 6.13. The second kappa shape index (κ2) is 7.99. The number of benzene rings is 1. The van der Waals surface area contributed by atoms with E-state index in [4.69, 9.17) is 21.1 Å². The van der Waals surface area contributed by atoms with E-state index in [9.17, 15) is 4.79 Å². The molecule has 0 spiro atoms. The van der Waals surface area contributed by atoms with Gasteiger partial charge in [0.25, 0.3) is 0 Å². The lowest BCUT2D eigenvalue weighted by Gasteiger charge is -2.34. The van der Waals surface area contributed by atoms with Gasteiger partial charge in [0, 0.05) is 39.0 Å². The van der Waals surface area contributed by atoms with Crippen LogP contribution in [-0.4, -0.2) is 67.7 Å². The summed E-state index contributed by atoms with van der Waals surface area (Å²) in [6.45, 7) is 5.13. The Morgan fingerprint density at radius 1 is 1.17 bits per heavy atom. The molecule has 0 atom stereocenters. The van der Waals surface area contributed by atoms with Crippen LogP contribution in [0.2, 0.25) is 5.02 Å².